The zero-order valence-electron chi connectivity index (χ0n) is 12.5. The first kappa shape index (κ1) is 14.5. The summed E-state index contributed by atoms with van der Waals surface area (Å²) in [6.45, 7) is 0.426. The molecule has 1 heterocycles. The molecule has 4 rings (SSSR count). The molecule has 0 unspecified atom stereocenters. The van der Waals surface area contributed by atoms with E-state index in [1.54, 1.807) is 24.3 Å². The van der Waals surface area contributed by atoms with Crippen LogP contribution in [0, 0.1) is 0 Å². The van der Waals surface area contributed by atoms with Gasteiger partial charge in [0.2, 0.25) is 16.8 Å². The van der Waals surface area contributed by atoms with Gasteiger partial charge in [0.25, 0.3) is 0 Å². The molecule has 0 saturated heterocycles. The van der Waals surface area contributed by atoms with E-state index in [0.29, 0.717) is 16.4 Å². The third kappa shape index (κ3) is 2.80. The van der Waals surface area contributed by atoms with Gasteiger partial charge in [-0.25, -0.2) is 13.1 Å². The number of nitrogens with one attached hydrogen (secondary N) is 1. The SMILES string of the molecule is O=S(=O)(NCc1ccc2c(c1)OCO2)c1ccc2c(c1)CCC2. The Kier molecular flexibility index (Phi) is 3.50. The highest BCUT2D eigenvalue weighted by molar-refractivity contribution is 7.89. The Morgan fingerprint density at radius 2 is 1.78 bits per heavy atom. The topological polar surface area (TPSA) is 64.6 Å². The Morgan fingerprint density at radius 3 is 2.70 bits per heavy atom. The molecule has 1 aliphatic carbocycles. The molecule has 5 nitrogen and oxygen atoms in total. The van der Waals surface area contributed by atoms with Crippen molar-refractivity contribution in [3.63, 3.8) is 0 Å². The molecule has 0 saturated carbocycles. The molecule has 0 bridgehead atoms. The maximum absolute atomic E-state index is 12.5. The Bertz CT molecular complexity index is 861. The van der Waals surface area contributed by atoms with Crippen molar-refractivity contribution in [3.8, 4) is 11.5 Å². The zero-order chi connectivity index (χ0) is 15.9. The Morgan fingerprint density at radius 1 is 0.957 bits per heavy atom. The van der Waals surface area contributed by atoms with Crippen LogP contribution in [0.4, 0.5) is 0 Å². The van der Waals surface area contributed by atoms with Crippen LogP contribution in [0.25, 0.3) is 0 Å². The molecule has 2 aromatic carbocycles. The van der Waals surface area contributed by atoms with Crippen molar-refractivity contribution in [2.45, 2.75) is 30.7 Å². The van der Waals surface area contributed by atoms with Crippen molar-refractivity contribution in [2.24, 2.45) is 0 Å². The summed E-state index contributed by atoms with van der Waals surface area (Å²) in [5, 5.41) is 0. The van der Waals surface area contributed by atoms with Gasteiger partial charge in [0, 0.05) is 6.54 Å². The molecule has 1 N–H and O–H groups in total. The number of rotatable bonds is 4. The van der Waals surface area contributed by atoms with Gasteiger partial charge < -0.3 is 9.47 Å². The summed E-state index contributed by atoms with van der Waals surface area (Å²) in [6.07, 6.45) is 3.10. The van der Waals surface area contributed by atoms with E-state index in [1.165, 1.54) is 5.56 Å². The largest absolute Gasteiger partial charge is 0.454 e. The number of hydrogen-bond acceptors (Lipinski definition) is 4. The van der Waals surface area contributed by atoms with Crippen LogP contribution < -0.4 is 14.2 Å². The van der Waals surface area contributed by atoms with Gasteiger partial charge in [-0.2, -0.15) is 0 Å². The highest BCUT2D eigenvalue weighted by atomic mass is 32.2. The fourth-order valence-corrected chi connectivity index (χ4v) is 4.10. The summed E-state index contributed by atoms with van der Waals surface area (Å²) in [4.78, 5) is 0.332. The highest BCUT2D eigenvalue weighted by Crippen LogP contribution is 2.32. The summed E-state index contributed by atoms with van der Waals surface area (Å²) in [5.74, 6) is 1.34. The van der Waals surface area contributed by atoms with E-state index in [-0.39, 0.29) is 13.3 Å². The van der Waals surface area contributed by atoms with Gasteiger partial charge in [-0.15, -0.1) is 0 Å². The molecule has 1 aliphatic heterocycles. The predicted octanol–water partition coefficient (Wildman–Crippen LogP) is 2.38. The summed E-state index contributed by atoms with van der Waals surface area (Å²) < 4.78 is 38.2. The molecular formula is C17H17NO4S. The molecule has 2 aliphatic rings. The lowest BCUT2D eigenvalue weighted by molar-refractivity contribution is 0.174. The molecule has 0 aromatic heterocycles. The van der Waals surface area contributed by atoms with E-state index in [2.05, 4.69) is 4.72 Å². The fraction of sp³-hybridized carbons (Fsp3) is 0.294. The van der Waals surface area contributed by atoms with Crippen molar-refractivity contribution in [1.29, 1.82) is 0 Å². The molecule has 120 valence electrons. The van der Waals surface area contributed by atoms with Gasteiger partial charge in [-0.1, -0.05) is 12.1 Å². The molecule has 0 radical (unpaired) electrons. The second-order valence-corrected chi connectivity index (χ2v) is 7.56. The minimum absolute atomic E-state index is 0.208. The minimum atomic E-state index is -3.52. The van der Waals surface area contributed by atoms with Gasteiger partial charge in [-0.3, -0.25) is 0 Å². The smallest absolute Gasteiger partial charge is 0.240 e. The second kappa shape index (κ2) is 5.54. The van der Waals surface area contributed by atoms with E-state index < -0.39 is 10.0 Å². The Balaban J connectivity index is 1.51. The van der Waals surface area contributed by atoms with E-state index >= 15 is 0 Å². The lowest BCUT2D eigenvalue weighted by Crippen LogP contribution is -2.23. The first-order valence-electron chi connectivity index (χ1n) is 7.62. The van der Waals surface area contributed by atoms with Crippen LogP contribution in [0.3, 0.4) is 0 Å². The van der Waals surface area contributed by atoms with E-state index in [1.807, 2.05) is 12.1 Å². The maximum atomic E-state index is 12.5. The van der Waals surface area contributed by atoms with Crippen molar-refractivity contribution in [1.82, 2.24) is 4.72 Å². The summed E-state index contributed by atoms with van der Waals surface area (Å²) >= 11 is 0. The lowest BCUT2D eigenvalue weighted by Gasteiger charge is -2.09. The summed E-state index contributed by atoms with van der Waals surface area (Å²) in [7, 11) is -3.52. The third-order valence-electron chi connectivity index (χ3n) is 4.28. The van der Waals surface area contributed by atoms with Gasteiger partial charge in [0.1, 0.15) is 0 Å². The third-order valence-corrected chi connectivity index (χ3v) is 5.68. The molecule has 6 heteroatoms. The van der Waals surface area contributed by atoms with Gasteiger partial charge in [-0.05, 0) is 60.2 Å². The average molecular weight is 331 g/mol. The highest BCUT2D eigenvalue weighted by Gasteiger charge is 2.19. The first-order chi connectivity index (χ1) is 11.1. The standard InChI is InChI=1S/C17H17NO4S/c19-23(20,15-6-5-13-2-1-3-14(13)9-15)18-10-12-4-7-16-17(8-12)22-11-21-16/h4-9,18H,1-3,10-11H2. The van der Waals surface area contributed by atoms with Crippen molar-refractivity contribution in [3.05, 3.63) is 53.1 Å². The molecule has 0 fully saturated rings. The van der Waals surface area contributed by atoms with Crippen molar-refractivity contribution in [2.75, 3.05) is 6.79 Å². The van der Waals surface area contributed by atoms with E-state index in [9.17, 15) is 8.42 Å². The van der Waals surface area contributed by atoms with Gasteiger partial charge in [0.05, 0.1) is 4.90 Å². The molecular weight excluding hydrogens is 314 g/mol. The minimum Gasteiger partial charge on any atom is -0.454 e. The number of fused-ring (bicyclic) bond motifs is 2. The van der Waals surface area contributed by atoms with Crippen LogP contribution in [0.15, 0.2) is 41.3 Å². The second-order valence-electron chi connectivity index (χ2n) is 5.80. The quantitative estimate of drug-likeness (QED) is 0.934. The first-order valence-corrected chi connectivity index (χ1v) is 9.10. The van der Waals surface area contributed by atoms with Crippen LogP contribution in [0.5, 0.6) is 11.5 Å². The van der Waals surface area contributed by atoms with Crippen LogP contribution in [-0.4, -0.2) is 15.2 Å². The Labute approximate surface area is 135 Å². The molecule has 23 heavy (non-hydrogen) atoms. The average Bonchev–Trinajstić information content (AvgIpc) is 3.20. The summed E-state index contributed by atoms with van der Waals surface area (Å²) in [6, 6.07) is 10.8. The molecule has 2 aromatic rings. The molecule has 0 spiro atoms. The number of aryl methyl sites for hydroxylation is 2. The number of benzene rings is 2. The molecule has 0 atom stereocenters. The number of hydrogen-bond donors (Lipinski definition) is 1. The Hall–Kier alpha value is -2.05. The summed E-state index contributed by atoms with van der Waals surface area (Å²) in [5.41, 5.74) is 3.25. The zero-order valence-corrected chi connectivity index (χ0v) is 13.4. The lowest BCUT2D eigenvalue weighted by atomic mass is 10.1. The van der Waals surface area contributed by atoms with E-state index in [4.69, 9.17) is 9.47 Å². The van der Waals surface area contributed by atoms with Crippen LogP contribution >= 0.6 is 0 Å². The van der Waals surface area contributed by atoms with Gasteiger partial charge in [0.15, 0.2) is 11.5 Å². The normalized spacial score (nSPS) is 15.7. The fourth-order valence-electron chi connectivity index (χ4n) is 3.03. The predicted molar refractivity (Wildman–Crippen MR) is 85.1 cm³/mol. The molecule has 0 amide bonds. The maximum Gasteiger partial charge on any atom is 0.240 e. The van der Waals surface area contributed by atoms with E-state index in [0.717, 1.165) is 30.4 Å². The van der Waals surface area contributed by atoms with Crippen molar-refractivity contribution >= 4 is 10.0 Å². The van der Waals surface area contributed by atoms with Crippen LogP contribution in [0.1, 0.15) is 23.1 Å². The monoisotopic (exact) mass is 331 g/mol. The number of sulfonamides is 1. The van der Waals surface area contributed by atoms with Crippen LogP contribution in [0.2, 0.25) is 0 Å². The number of ether oxygens (including phenoxy) is 2. The van der Waals surface area contributed by atoms with Crippen LogP contribution in [-0.2, 0) is 29.4 Å². The van der Waals surface area contributed by atoms with Crippen molar-refractivity contribution < 1.29 is 17.9 Å². The van der Waals surface area contributed by atoms with Gasteiger partial charge >= 0.3 is 0 Å².